The van der Waals surface area contributed by atoms with E-state index in [1.165, 1.54) is 9.75 Å². The molecule has 0 radical (unpaired) electrons. The van der Waals surface area contributed by atoms with E-state index in [1.54, 1.807) is 11.3 Å². The Labute approximate surface area is 133 Å². The van der Waals surface area contributed by atoms with Gasteiger partial charge < -0.3 is 5.32 Å². The smallest absolute Gasteiger partial charge is 0.0680 e. The maximum atomic E-state index is 6.16. The Morgan fingerprint density at radius 1 is 1.22 bits per heavy atom. The molecule has 0 fully saturated rings. The average molecular weight is 410 g/mol. The summed E-state index contributed by atoms with van der Waals surface area (Å²) in [6.45, 7) is 2.11. The van der Waals surface area contributed by atoms with E-state index in [4.69, 9.17) is 11.6 Å². The zero-order valence-electron chi connectivity index (χ0n) is 9.93. The van der Waals surface area contributed by atoms with Gasteiger partial charge in [-0.05, 0) is 69.6 Å². The van der Waals surface area contributed by atoms with Crippen molar-refractivity contribution in [2.75, 3.05) is 7.05 Å². The van der Waals surface area contributed by atoms with Crippen molar-refractivity contribution in [2.45, 2.75) is 13.0 Å². The highest BCUT2D eigenvalue weighted by atomic mass is 79.9. The van der Waals surface area contributed by atoms with Crippen LogP contribution in [0.3, 0.4) is 0 Å². The third kappa shape index (κ3) is 2.99. The lowest BCUT2D eigenvalue weighted by Crippen LogP contribution is -2.16. The van der Waals surface area contributed by atoms with Gasteiger partial charge in [0.15, 0.2) is 0 Å². The summed E-state index contributed by atoms with van der Waals surface area (Å²) < 4.78 is 2.06. The molecule has 1 unspecified atom stereocenters. The summed E-state index contributed by atoms with van der Waals surface area (Å²) >= 11 is 15.0. The number of hydrogen-bond acceptors (Lipinski definition) is 2. The fourth-order valence-corrected chi connectivity index (χ4v) is 4.29. The molecule has 1 nitrogen and oxygen atoms in total. The van der Waals surface area contributed by atoms with Crippen molar-refractivity contribution in [3.63, 3.8) is 0 Å². The van der Waals surface area contributed by atoms with Crippen LogP contribution in [0, 0.1) is 6.92 Å². The van der Waals surface area contributed by atoms with Crippen LogP contribution >= 0.6 is 54.8 Å². The minimum Gasteiger partial charge on any atom is -0.309 e. The van der Waals surface area contributed by atoms with E-state index in [1.807, 2.05) is 19.2 Å². The van der Waals surface area contributed by atoms with Crippen molar-refractivity contribution in [2.24, 2.45) is 0 Å². The van der Waals surface area contributed by atoms with Gasteiger partial charge in [0.05, 0.1) is 11.1 Å². The van der Waals surface area contributed by atoms with Crippen LogP contribution in [0.25, 0.3) is 0 Å². The third-order valence-corrected chi connectivity index (χ3v) is 5.93. The fourth-order valence-electron chi connectivity index (χ4n) is 1.84. The Morgan fingerprint density at radius 2 is 1.94 bits per heavy atom. The molecule has 0 amide bonds. The maximum Gasteiger partial charge on any atom is 0.0680 e. The van der Waals surface area contributed by atoms with Gasteiger partial charge in [0.25, 0.3) is 0 Å². The number of aryl methyl sites for hydroxylation is 1. The van der Waals surface area contributed by atoms with Crippen molar-refractivity contribution in [1.29, 1.82) is 0 Å². The van der Waals surface area contributed by atoms with Crippen LogP contribution in [0.15, 0.2) is 33.2 Å². The Morgan fingerprint density at radius 3 is 2.44 bits per heavy atom. The highest BCUT2D eigenvalue weighted by Gasteiger charge is 2.18. The molecule has 0 saturated heterocycles. The van der Waals surface area contributed by atoms with Crippen molar-refractivity contribution in [3.05, 3.63) is 53.6 Å². The first-order valence-electron chi connectivity index (χ1n) is 5.41. The van der Waals surface area contributed by atoms with Crippen LogP contribution in [0.4, 0.5) is 0 Å². The van der Waals surface area contributed by atoms with Crippen LogP contribution in [0.1, 0.15) is 21.4 Å². The molecule has 1 atom stereocenters. The number of rotatable bonds is 3. The standard InChI is InChI=1S/C13H12Br2ClNS/c1-7-5-10(15)13(18-7)12(17-2)8-3-4-9(14)11(16)6-8/h3-6,12,17H,1-2H3. The van der Waals surface area contributed by atoms with E-state index >= 15 is 0 Å². The Hall–Kier alpha value is 0.130. The fraction of sp³-hybridized carbons (Fsp3) is 0.231. The molecule has 0 aliphatic heterocycles. The number of hydrogen-bond donors (Lipinski definition) is 1. The van der Waals surface area contributed by atoms with Gasteiger partial charge in [-0.3, -0.25) is 0 Å². The molecule has 0 aliphatic rings. The zero-order chi connectivity index (χ0) is 13.3. The summed E-state index contributed by atoms with van der Waals surface area (Å²) in [5.74, 6) is 0. The SMILES string of the molecule is CNC(c1ccc(Br)c(Cl)c1)c1sc(C)cc1Br. The molecule has 0 spiro atoms. The molecule has 1 N–H and O–H groups in total. The number of nitrogens with one attached hydrogen (secondary N) is 1. The number of halogens is 3. The van der Waals surface area contributed by atoms with E-state index in [9.17, 15) is 0 Å². The van der Waals surface area contributed by atoms with E-state index in [0.29, 0.717) is 0 Å². The second-order valence-electron chi connectivity index (χ2n) is 3.96. The van der Waals surface area contributed by atoms with Crippen molar-refractivity contribution >= 4 is 54.8 Å². The van der Waals surface area contributed by atoms with Crippen LogP contribution in [-0.4, -0.2) is 7.05 Å². The molecule has 0 aliphatic carbocycles. The Bertz CT molecular complexity index is 568. The van der Waals surface area contributed by atoms with Crippen molar-refractivity contribution in [1.82, 2.24) is 5.32 Å². The van der Waals surface area contributed by atoms with E-state index < -0.39 is 0 Å². The van der Waals surface area contributed by atoms with Gasteiger partial charge >= 0.3 is 0 Å². The summed E-state index contributed by atoms with van der Waals surface area (Å²) in [4.78, 5) is 2.56. The summed E-state index contributed by atoms with van der Waals surface area (Å²) in [6, 6.07) is 8.36. The molecule has 1 aromatic heterocycles. The monoisotopic (exact) mass is 407 g/mol. The third-order valence-electron chi connectivity index (χ3n) is 2.66. The lowest BCUT2D eigenvalue weighted by Gasteiger charge is -2.16. The molecule has 0 saturated carbocycles. The van der Waals surface area contributed by atoms with Gasteiger partial charge in [-0.15, -0.1) is 11.3 Å². The average Bonchev–Trinajstić information content (AvgIpc) is 2.64. The summed E-state index contributed by atoms with van der Waals surface area (Å²) in [5, 5.41) is 4.08. The molecular formula is C13H12Br2ClNS. The quantitative estimate of drug-likeness (QED) is 0.701. The molecule has 96 valence electrons. The Balaban J connectivity index is 2.45. The summed E-state index contributed by atoms with van der Waals surface area (Å²) in [7, 11) is 1.96. The lowest BCUT2D eigenvalue weighted by molar-refractivity contribution is 0.701. The molecule has 5 heteroatoms. The van der Waals surface area contributed by atoms with Gasteiger partial charge in [0.1, 0.15) is 0 Å². The van der Waals surface area contributed by atoms with Crippen LogP contribution in [0.2, 0.25) is 5.02 Å². The van der Waals surface area contributed by atoms with E-state index in [-0.39, 0.29) is 6.04 Å². The highest BCUT2D eigenvalue weighted by Crippen LogP contribution is 2.36. The molecule has 2 rings (SSSR count). The highest BCUT2D eigenvalue weighted by molar-refractivity contribution is 9.10. The van der Waals surface area contributed by atoms with Gasteiger partial charge in [0, 0.05) is 18.7 Å². The predicted molar refractivity (Wildman–Crippen MR) is 86.8 cm³/mol. The predicted octanol–water partition coefficient (Wildman–Crippen LogP) is 5.54. The summed E-state index contributed by atoms with van der Waals surface area (Å²) in [5.41, 5.74) is 1.16. The van der Waals surface area contributed by atoms with Gasteiger partial charge in [-0.2, -0.15) is 0 Å². The van der Waals surface area contributed by atoms with Gasteiger partial charge in [-0.25, -0.2) is 0 Å². The molecular weight excluding hydrogens is 397 g/mol. The maximum absolute atomic E-state index is 6.16. The molecule has 1 aromatic carbocycles. The molecule has 18 heavy (non-hydrogen) atoms. The Kier molecular flexibility index (Phi) is 4.89. The van der Waals surface area contributed by atoms with Crippen LogP contribution in [0.5, 0.6) is 0 Å². The minimum absolute atomic E-state index is 0.156. The van der Waals surface area contributed by atoms with Crippen LogP contribution < -0.4 is 5.32 Å². The number of benzene rings is 1. The minimum atomic E-state index is 0.156. The molecule has 0 bridgehead atoms. The lowest BCUT2D eigenvalue weighted by atomic mass is 10.1. The first-order valence-corrected chi connectivity index (χ1v) is 8.19. The normalized spacial score (nSPS) is 12.7. The van der Waals surface area contributed by atoms with Crippen molar-refractivity contribution < 1.29 is 0 Å². The van der Waals surface area contributed by atoms with E-state index in [0.717, 1.165) is 19.5 Å². The number of thiophene rings is 1. The second-order valence-corrected chi connectivity index (χ2v) is 7.37. The first kappa shape index (κ1) is 14.5. The first-order chi connectivity index (χ1) is 8.52. The van der Waals surface area contributed by atoms with Crippen LogP contribution in [-0.2, 0) is 0 Å². The second kappa shape index (κ2) is 6.06. The topological polar surface area (TPSA) is 12.0 Å². The van der Waals surface area contributed by atoms with E-state index in [2.05, 4.69) is 56.2 Å². The zero-order valence-corrected chi connectivity index (χ0v) is 14.7. The molecule has 1 heterocycles. The van der Waals surface area contributed by atoms with Gasteiger partial charge in [0.2, 0.25) is 0 Å². The summed E-state index contributed by atoms with van der Waals surface area (Å²) in [6.07, 6.45) is 0. The van der Waals surface area contributed by atoms with Crippen molar-refractivity contribution in [3.8, 4) is 0 Å². The largest absolute Gasteiger partial charge is 0.309 e. The molecule has 2 aromatic rings. The van der Waals surface area contributed by atoms with Gasteiger partial charge in [-0.1, -0.05) is 17.7 Å².